The zero-order valence-electron chi connectivity index (χ0n) is 9.04. The van der Waals surface area contributed by atoms with Crippen molar-refractivity contribution in [2.45, 2.75) is 52.6 Å². The van der Waals surface area contributed by atoms with Gasteiger partial charge in [0.2, 0.25) is 0 Å². The summed E-state index contributed by atoms with van der Waals surface area (Å²) in [5, 5.41) is 10.1. The van der Waals surface area contributed by atoms with Gasteiger partial charge in [0.25, 0.3) is 0 Å². The van der Waals surface area contributed by atoms with Gasteiger partial charge in [-0.25, -0.2) is 0 Å². The van der Waals surface area contributed by atoms with E-state index in [1.807, 2.05) is 20.8 Å². The van der Waals surface area contributed by atoms with Gasteiger partial charge in [-0.2, -0.15) is 0 Å². The summed E-state index contributed by atoms with van der Waals surface area (Å²) < 4.78 is 0. The quantitative estimate of drug-likeness (QED) is 0.770. The van der Waals surface area contributed by atoms with Gasteiger partial charge < -0.3 is 5.11 Å². The van der Waals surface area contributed by atoms with E-state index >= 15 is 0 Å². The zero-order chi connectivity index (χ0) is 9.61. The molecule has 0 saturated heterocycles. The molecule has 0 spiro atoms. The van der Waals surface area contributed by atoms with Crippen molar-refractivity contribution in [1.29, 1.82) is 0 Å². The predicted molar refractivity (Wildman–Crippen MR) is 53.8 cm³/mol. The molecule has 0 aliphatic heterocycles. The van der Waals surface area contributed by atoms with Crippen molar-refractivity contribution >= 4 is 5.71 Å². The molecule has 0 aliphatic carbocycles. The molecule has 0 aromatic rings. The molecule has 13 heavy (non-hydrogen) atoms. The second-order valence-electron chi connectivity index (χ2n) is 3.19. The van der Waals surface area contributed by atoms with E-state index in [2.05, 4.69) is 11.9 Å². The summed E-state index contributed by atoms with van der Waals surface area (Å²) >= 11 is 0. The van der Waals surface area contributed by atoms with Gasteiger partial charge in [0.1, 0.15) is 5.60 Å². The minimum absolute atomic E-state index is 0. The molecule has 0 amide bonds. The molecule has 0 aromatic heterocycles. The standard InChI is InChI=1S/C10H21NO.Dy/c1-5-8-10(12,6-2)9(4)11-7-3;/h12H,5-8H2,1-4H3;. The van der Waals surface area contributed by atoms with E-state index in [4.69, 9.17) is 0 Å². The number of aliphatic hydroxyl groups is 1. The topological polar surface area (TPSA) is 32.6 Å². The first-order valence-electron chi connectivity index (χ1n) is 4.84. The fourth-order valence-corrected chi connectivity index (χ4v) is 1.41. The van der Waals surface area contributed by atoms with E-state index in [0.29, 0.717) is 0 Å². The van der Waals surface area contributed by atoms with Gasteiger partial charge in [0.05, 0.1) is 0 Å². The third-order valence-electron chi connectivity index (χ3n) is 2.32. The Bertz CT molecular complexity index is 159. The third kappa shape index (κ3) is 5.37. The summed E-state index contributed by atoms with van der Waals surface area (Å²) in [6, 6.07) is 0. The van der Waals surface area contributed by atoms with Crippen LogP contribution in [0.1, 0.15) is 47.0 Å². The van der Waals surface area contributed by atoms with E-state index < -0.39 is 5.60 Å². The smallest absolute Gasteiger partial charge is 0.102 e. The first kappa shape index (κ1) is 16.3. The maximum Gasteiger partial charge on any atom is 0.102 e. The summed E-state index contributed by atoms with van der Waals surface area (Å²) in [5.41, 5.74) is 0.236. The van der Waals surface area contributed by atoms with Crippen molar-refractivity contribution in [2.75, 3.05) is 6.54 Å². The van der Waals surface area contributed by atoms with Crippen molar-refractivity contribution in [3.63, 3.8) is 0 Å². The number of hydrogen-bond donors (Lipinski definition) is 1. The summed E-state index contributed by atoms with van der Waals surface area (Å²) in [7, 11) is 0. The molecule has 0 aromatic carbocycles. The normalized spacial score (nSPS) is 16.2. The molecule has 1 atom stereocenters. The van der Waals surface area contributed by atoms with Gasteiger partial charge in [0, 0.05) is 50.4 Å². The fourth-order valence-electron chi connectivity index (χ4n) is 1.41. The molecule has 1 unspecified atom stereocenters. The monoisotopic (exact) mass is 335 g/mol. The maximum atomic E-state index is 10.1. The molecule has 0 radical (unpaired) electrons. The Morgan fingerprint density at radius 2 is 1.85 bits per heavy atom. The van der Waals surface area contributed by atoms with E-state index in [1.165, 1.54) is 0 Å². The Morgan fingerprint density at radius 3 is 2.15 bits per heavy atom. The molecular weight excluding hydrogens is 313 g/mol. The summed E-state index contributed by atoms with van der Waals surface area (Å²) in [4.78, 5) is 4.25. The van der Waals surface area contributed by atoms with Crippen LogP contribution in [0.25, 0.3) is 0 Å². The van der Waals surface area contributed by atoms with E-state index in [1.54, 1.807) is 0 Å². The first-order chi connectivity index (χ1) is 5.60. The van der Waals surface area contributed by atoms with Crippen molar-refractivity contribution in [3.8, 4) is 0 Å². The molecule has 82 valence electrons. The largest absolute Gasteiger partial charge is 0.384 e. The minimum atomic E-state index is -0.648. The predicted octanol–water partition coefficient (Wildman–Crippen LogP) is 2.41. The summed E-state index contributed by atoms with van der Waals surface area (Å²) in [6.07, 6.45) is 2.58. The van der Waals surface area contributed by atoms with Crippen LogP contribution in [0.2, 0.25) is 0 Å². The van der Waals surface area contributed by atoms with Gasteiger partial charge in [0.15, 0.2) is 0 Å². The van der Waals surface area contributed by atoms with E-state index in [0.717, 1.165) is 31.5 Å². The molecule has 0 fully saturated rings. The Kier molecular flexibility index (Phi) is 10.3. The van der Waals surface area contributed by atoms with Crippen LogP contribution in [0.4, 0.5) is 0 Å². The number of nitrogens with zero attached hydrogens (tertiary/aromatic N) is 1. The van der Waals surface area contributed by atoms with Gasteiger partial charge >= 0.3 is 0 Å². The van der Waals surface area contributed by atoms with E-state index in [-0.39, 0.29) is 38.2 Å². The second kappa shape index (κ2) is 8.23. The van der Waals surface area contributed by atoms with Crippen LogP contribution in [0.15, 0.2) is 4.99 Å². The molecule has 2 nitrogen and oxygen atoms in total. The van der Waals surface area contributed by atoms with Crippen molar-refractivity contribution in [1.82, 2.24) is 0 Å². The van der Waals surface area contributed by atoms with Crippen molar-refractivity contribution < 1.29 is 43.3 Å². The summed E-state index contributed by atoms with van der Waals surface area (Å²) in [6.45, 7) is 8.76. The molecule has 0 rings (SSSR count). The molecule has 3 heteroatoms. The SMILES string of the molecule is CCCC(O)(CC)C(C)=NCC.[Dy]. The average Bonchev–Trinajstić information content (AvgIpc) is 2.05. The van der Waals surface area contributed by atoms with Crippen LogP contribution in [0.5, 0.6) is 0 Å². The molecule has 0 saturated carbocycles. The second-order valence-corrected chi connectivity index (χ2v) is 3.19. The van der Waals surface area contributed by atoms with Crippen LogP contribution in [-0.2, 0) is 0 Å². The number of hydrogen-bond acceptors (Lipinski definition) is 2. The van der Waals surface area contributed by atoms with Crippen LogP contribution in [0.3, 0.4) is 0 Å². The van der Waals surface area contributed by atoms with Crippen molar-refractivity contribution in [3.05, 3.63) is 0 Å². The van der Waals surface area contributed by atoms with Crippen LogP contribution in [0, 0.1) is 38.2 Å². The minimum Gasteiger partial charge on any atom is -0.384 e. The van der Waals surface area contributed by atoms with Gasteiger partial charge in [-0.15, -0.1) is 0 Å². The molecule has 0 bridgehead atoms. The van der Waals surface area contributed by atoms with Gasteiger partial charge in [-0.3, -0.25) is 4.99 Å². The van der Waals surface area contributed by atoms with Crippen LogP contribution >= 0.6 is 0 Å². The van der Waals surface area contributed by atoms with Crippen LogP contribution in [-0.4, -0.2) is 23.0 Å². The van der Waals surface area contributed by atoms with Gasteiger partial charge in [-0.1, -0.05) is 20.3 Å². The summed E-state index contributed by atoms with van der Waals surface area (Å²) in [5.74, 6) is 0. The molecule has 0 heterocycles. The molecule has 1 N–H and O–H groups in total. The number of aliphatic imine (C=N–C) groups is 1. The fraction of sp³-hybridized carbons (Fsp3) is 0.900. The molecule has 0 aliphatic rings. The van der Waals surface area contributed by atoms with Crippen LogP contribution < -0.4 is 0 Å². The Morgan fingerprint density at radius 1 is 1.31 bits per heavy atom. The average molecular weight is 334 g/mol. The Balaban J connectivity index is 0. The van der Waals surface area contributed by atoms with E-state index in [9.17, 15) is 5.11 Å². The zero-order valence-corrected chi connectivity index (χ0v) is 11.1. The first-order valence-corrected chi connectivity index (χ1v) is 4.84. The number of rotatable bonds is 5. The Labute approximate surface area is 112 Å². The van der Waals surface area contributed by atoms with Gasteiger partial charge in [-0.05, 0) is 26.7 Å². The third-order valence-corrected chi connectivity index (χ3v) is 2.32. The maximum absolute atomic E-state index is 10.1. The Hall–Kier alpha value is 0.903. The van der Waals surface area contributed by atoms with Crippen molar-refractivity contribution in [2.24, 2.45) is 4.99 Å². The molecular formula is C10H21DyNO.